The van der Waals surface area contributed by atoms with Gasteiger partial charge in [-0.2, -0.15) is 0 Å². The third-order valence-electron chi connectivity index (χ3n) is 0.891. The maximum Gasteiger partial charge on any atom is 1.00 e. The molecule has 0 fully saturated rings. The molecule has 0 aromatic heterocycles. The Hall–Kier alpha value is 1.06. The van der Waals surface area contributed by atoms with E-state index in [1.165, 1.54) is 0 Å². The van der Waals surface area contributed by atoms with E-state index in [9.17, 15) is 17.5 Å². The standard InChI is InChI=1S/C2H7O6PS.Na/c1-2(9(3,4)5)10(6,7)8;/h2H,1H3,(H2,3,4,5)(H,6,7,8);/q;+1/p-1. The average molecular weight is 212 g/mol. The Morgan fingerprint density at radius 1 is 1.45 bits per heavy atom. The molecule has 0 spiro atoms. The fourth-order valence-corrected chi connectivity index (χ4v) is 1.51. The fraction of sp³-hybridized carbons (Fsp3) is 1.00. The predicted octanol–water partition coefficient (Wildman–Crippen LogP) is -3.94. The molecular formula is C2H6NaO6PS. The van der Waals surface area contributed by atoms with E-state index in [-0.39, 0.29) is 29.6 Å². The molecule has 11 heavy (non-hydrogen) atoms. The van der Waals surface area contributed by atoms with Crippen LogP contribution in [0.25, 0.3) is 0 Å². The molecule has 0 saturated heterocycles. The van der Waals surface area contributed by atoms with Gasteiger partial charge in [0.05, 0.1) is 0 Å². The second-order valence-corrected chi connectivity index (χ2v) is 5.68. The Kier molecular flexibility index (Phi) is 5.75. The molecule has 2 N–H and O–H groups in total. The van der Waals surface area contributed by atoms with E-state index in [0.717, 1.165) is 0 Å². The van der Waals surface area contributed by atoms with Crippen molar-refractivity contribution in [2.75, 3.05) is 0 Å². The predicted molar refractivity (Wildman–Crippen MR) is 31.2 cm³/mol. The Morgan fingerprint density at radius 2 is 1.73 bits per heavy atom. The minimum atomic E-state index is -4.87. The van der Waals surface area contributed by atoms with Gasteiger partial charge in [0, 0.05) is 0 Å². The van der Waals surface area contributed by atoms with E-state index >= 15 is 0 Å². The molecule has 0 aliphatic rings. The minimum absolute atomic E-state index is 0. The second kappa shape index (κ2) is 4.34. The van der Waals surface area contributed by atoms with E-state index in [1.54, 1.807) is 0 Å². The van der Waals surface area contributed by atoms with Crippen molar-refractivity contribution in [3.8, 4) is 0 Å². The summed E-state index contributed by atoms with van der Waals surface area (Å²) >= 11 is 0. The van der Waals surface area contributed by atoms with Crippen LogP contribution in [-0.4, -0.2) is 27.7 Å². The summed E-state index contributed by atoms with van der Waals surface area (Å²) in [6.07, 6.45) is 0. The normalized spacial score (nSPS) is 15.3. The van der Waals surface area contributed by atoms with Crippen LogP contribution in [0.4, 0.5) is 0 Å². The van der Waals surface area contributed by atoms with Crippen LogP contribution in [0.1, 0.15) is 6.92 Å². The Labute approximate surface area is 86.2 Å². The van der Waals surface area contributed by atoms with E-state index in [1.807, 2.05) is 0 Å². The molecule has 0 aromatic carbocycles. The van der Waals surface area contributed by atoms with E-state index in [4.69, 9.17) is 9.79 Å². The Bertz CT molecular complexity index is 252. The van der Waals surface area contributed by atoms with Crippen LogP contribution in [0.5, 0.6) is 0 Å². The second-order valence-electron chi connectivity index (χ2n) is 1.68. The van der Waals surface area contributed by atoms with Crippen molar-refractivity contribution in [3.63, 3.8) is 0 Å². The third kappa shape index (κ3) is 5.32. The van der Waals surface area contributed by atoms with E-state index in [2.05, 4.69) is 0 Å². The molecule has 62 valence electrons. The van der Waals surface area contributed by atoms with Crippen molar-refractivity contribution in [2.45, 2.75) is 11.9 Å². The molecule has 1 atom stereocenters. The number of rotatable bonds is 2. The topological polar surface area (TPSA) is 115 Å². The van der Waals surface area contributed by atoms with Crippen molar-refractivity contribution in [1.82, 2.24) is 0 Å². The maximum atomic E-state index is 10.1. The quantitative estimate of drug-likeness (QED) is 0.274. The zero-order valence-corrected chi connectivity index (χ0v) is 9.67. The molecular weight excluding hydrogens is 206 g/mol. The first-order valence-corrected chi connectivity index (χ1v) is 5.31. The van der Waals surface area contributed by atoms with Crippen molar-refractivity contribution >= 4 is 17.7 Å². The molecule has 1 unspecified atom stereocenters. The first kappa shape index (κ1) is 14.6. The molecule has 0 amide bonds. The molecule has 0 rings (SSSR count). The van der Waals surface area contributed by atoms with Crippen molar-refractivity contribution in [2.24, 2.45) is 0 Å². The molecule has 0 bridgehead atoms. The molecule has 0 radical (unpaired) electrons. The van der Waals surface area contributed by atoms with Gasteiger partial charge in [-0.15, -0.1) is 0 Å². The molecule has 0 saturated carbocycles. The van der Waals surface area contributed by atoms with Crippen LogP contribution in [0.3, 0.4) is 0 Å². The molecule has 9 heteroatoms. The molecule has 0 aliphatic heterocycles. The van der Waals surface area contributed by atoms with E-state index < -0.39 is 22.7 Å². The zero-order chi connectivity index (χ0) is 8.58. The molecule has 0 aromatic rings. The summed E-state index contributed by atoms with van der Waals surface area (Å²) in [5, 5.41) is 0. The van der Waals surface area contributed by atoms with E-state index in [0.29, 0.717) is 6.92 Å². The summed E-state index contributed by atoms with van der Waals surface area (Å²) < 4.78 is 39.9. The van der Waals surface area contributed by atoms with Gasteiger partial charge in [-0.3, -0.25) is 4.57 Å². The van der Waals surface area contributed by atoms with Crippen LogP contribution < -0.4 is 29.6 Å². The van der Waals surface area contributed by atoms with Gasteiger partial charge in [-0.1, -0.05) is 0 Å². The van der Waals surface area contributed by atoms with Crippen molar-refractivity contribution in [3.05, 3.63) is 0 Å². The largest absolute Gasteiger partial charge is 1.00 e. The van der Waals surface area contributed by atoms with Gasteiger partial charge in [-0.25, -0.2) is 8.42 Å². The summed E-state index contributed by atoms with van der Waals surface area (Å²) in [5.41, 5.74) is 0. The van der Waals surface area contributed by atoms with Gasteiger partial charge < -0.3 is 14.3 Å². The fourth-order valence-electron chi connectivity index (χ4n) is 0.168. The van der Waals surface area contributed by atoms with Gasteiger partial charge in [0.2, 0.25) is 0 Å². The molecule has 6 nitrogen and oxygen atoms in total. The molecule has 0 aliphatic carbocycles. The zero-order valence-electron chi connectivity index (χ0n) is 5.96. The smallest absolute Gasteiger partial charge is 0.747 e. The van der Waals surface area contributed by atoms with Gasteiger partial charge in [0.15, 0.2) is 0 Å². The molecule has 0 heterocycles. The minimum Gasteiger partial charge on any atom is -0.747 e. The monoisotopic (exact) mass is 212 g/mol. The average Bonchev–Trinajstić information content (AvgIpc) is 1.59. The summed E-state index contributed by atoms with van der Waals surface area (Å²) in [7, 11) is -9.65. The first-order valence-electron chi connectivity index (χ1n) is 2.15. The summed E-state index contributed by atoms with van der Waals surface area (Å²) in [6, 6.07) is 0. The van der Waals surface area contributed by atoms with Gasteiger partial charge in [0.1, 0.15) is 15.1 Å². The SMILES string of the molecule is CC(P(=O)(O)O)S(=O)(=O)[O-].[Na+]. The van der Waals surface area contributed by atoms with Crippen molar-refractivity contribution in [1.29, 1.82) is 0 Å². The maximum absolute atomic E-state index is 10.1. The van der Waals surface area contributed by atoms with Crippen LogP contribution in [-0.2, 0) is 14.7 Å². The van der Waals surface area contributed by atoms with Gasteiger partial charge in [0.25, 0.3) is 0 Å². The first-order chi connectivity index (χ1) is 4.15. The summed E-state index contributed by atoms with van der Waals surface area (Å²) in [6.45, 7) is 0.670. The van der Waals surface area contributed by atoms with Gasteiger partial charge in [-0.05, 0) is 6.92 Å². The number of hydrogen-bond donors (Lipinski definition) is 2. The summed E-state index contributed by atoms with van der Waals surface area (Å²) in [4.78, 5) is 14.2. The number of hydrogen-bond acceptors (Lipinski definition) is 4. The van der Waals surface area contributed by atoms with Crippen molar-refractivity contribution < 1.29 is 56.9 Å². The van der Waals surface area contributed by atoms with Crippen LogP contribution in [0.15, 0.2) is 0 Å². The van der Waals surface area contributed by atoms with Crippen LogP contribution >= 0.6 is 7.60 Å². The Morgan fingerprint density at radius 3 is 1.73 bits per heavy atom. The van der Waals surface area contributed by atoms with Crippen LogP contribution in [0.2, 0.25) is 0 Å². The van der Waals surface area contributed by atoms with Gasteiger partial charge >= 0.3 is 37.2 Å². The van der Waals surface area contributed by atoms with Crippen LogP contribution in [0, 0.1) is 0 Å². The third-order valence-corrected chi connectivity index (χ3v) is 4.27. The summed E-state index contributed by atoms with van der Waals surface area (Å²) in [5.74, 6) is 0. The Balaban J connectivity index is 0.